The molecule has 3 heterocycles. The van der Waals surface area contributed by atoms with E-state index in [0.29, 0.717) is 33.3 Å². The molecule has 1 aliphatic rings. The molecule has 3 aromatic rings. The fourth-order valence-corrected chi connectivity index (χ4v) is 4.39. The van der Waals surface area contributed by atoms with Gasteiger partial charge in [0.05, 0.1) is 17.8 Å². The summed E-state index contributed by atoms with van der Waals surface area (Å²) in [5.41, 5.74) is 7.80. The maximum atomic E-state index is 14.0. The second-order valence-electron chi connectivity index (χ2n) is 7.58. The first-order chi connectivity index (χ1) is 15.9. The zero-order valence-corrected chi connectivity index (χ0v) is 19.8. The standard InChI is InChI=1S/C23H24Cl2FN5O2/c1-13(20-15(24)3-4-16(26)21(20)25)33-19-11-14(12-29-22(19)27)17-5-6-18(32-2)23(30-17)31-9-7-28-8-10-31/h3-6,11-13,28H,7-10H2,1-2H3,(H2,27,29). The molecular formula is C23H24Cl2FN5O2. The van der Waals surface area contributed by atoms with Crippen molar-refractivity contribution in [3.8, 4) is 22.8 Å². The first-order valence-corrected chi connectivity index (χ1v) is 11.2. The summed E-state index contributed by atoms with van der Waals surface area (Å²) in [6.07, 6.45) is 0.964. The Hall–Kier alpha value is -2.81. The van der Waals surface area contributed by atoms with Crippen LogP contribution in [0.4, 0.5) is 16.0 Å². The third kappa shape index (κ3) is 4.93. The van der Waals surface area contributed by atoms with Crippen LogP contribution in [0, 0.1) is 5.82 Å². The Morgan fingerprint density at radius 3 is 2.64 bits per heavy atom. The van der Waals surface area contributed by atoms with Crippen molar-refractivity contribution >= 4 is 34.8 Å². The van der Waals surface area contributed by atoms with E-state index in [1.165, 1.54) is 12.1 Å². The number of halogens is 3. The van der Waals surface area contributed by atoms with Crippen molar-refractivity contribution in [1.29, 1.82) is 0 Å². The summed E-state index contributed by atoms with van der Waals surface area (Å²) < 4.78 is 25.5. The van der Waals surface area contributed by atoms with Crippen molar-refractivity contribution in [3.63, 3.8) is 0 Å². The van der Waals surface area contributed by atoms with Crippen molar-refractivity contribution in [3.05, 3.63) is 58.0 Å². The highest BCUT2D eigenvalue weighted by atomic mass is 35.5. The molecule has 0 radical (unpaired) electrons. The minimum atomic E-state index is -0.666. The second-order valence-corrected chi connectivity index (χ2v) is 8.37. The molecule has 0 aliphatic carbocycles. The Bertz CT molecular complexity index is 1160. The van der Waals surface area contributed by atoms with Gasteiger partial charge in [0.25, 0.3) is 0 Å². The molecule has 33 heavy (non-hydrogen) atoms. The Labute approximate surface area is 201 Å². The van der Waals surface area contributed by atoms with E-state index in [2.05, 4.69) is 15.2 Å². The van der Waals surface area contributed by atoms with Gasteiger partial charge >= 0.3 is 0 Å². The number of rotatable bonds is 6. The lowest BCUT2D eigenvalue weighted by Crippen LogP contribution is -2.44. The number of benzene rings is 1. The summed E-state index contributed by atoms with van der Waals surface area (Å²) in [6, 6.07) is 8.13. The van der Waals surface area contributed by atoms with Gasteiger partial charge in [-0.05, 0) is 37.3 Å². The smallest absolute Gasteiger partial charge is 0.172 e. The van der Waals surface area contributed by atoms with Crippen LogP contribution >= 0.6 is 23.2 Å². The third-order valence-corrected chi connectivity index (χ3v) is 6.16. The summed E-state index contributed by atoms with van der Waals surface area (Å²) in [5.74, 6) is 1.39. The number of hydrogen-bond donors (Lipinski definition) is 2. The van der Waals surface area contributed by atoms with Crippen LogP contribution in [-0.2, 0) is 0 Å². The number of methoxy groups -OCH3 is 1. The number of piperazine rings is 1. The Kier molecular flexibility index (Phi) is 7.07. The van der Waals surface area contributed by atoms with E-state index in [9.17, 15) is 4.39 Å². The van der Waals surface area contributed by atoms with Crippen molar-refractivity contribution in [2.75, 3.05) is 43.9 Å². The molecule has 1 saturated heterocycles. The van der Waals surface area contributed by atoms with E-state index in [1.807, 2.05) is 12.1 Å². The van der Waals surface area contributed by atoms with Gasteiger partial charge < -0.3 is 25.4 Å². The molecule has 0 spiro atoms. The van der Waals surface area contributed by atoms with Crippen LogP contribution < -0.4 is 25.4 Å². The average Bonchev–Trinajstić information content (AvgIpc) is 2.83. The monoisotopic (exact) mass is 491 g/mol. The predicted octanol–water partition coefficient (Wildman–Crippen LogP) is 4.73. The number of pyridine rings is 2. The van der Waals surface area contributed by atoms with Crippen LogP contribution in [-0.4, -0.2) is 43.3 Å². The van der Waals surface area contributed by atoms with Gasteiger partial charge in [0.2, 0.25) is 0 Å². The van der Waals surface area contributed by atoms with E-state index in [1.54, 1.807) is 26.3 Å². The van der Waals surface area contributed by atoms with Crippen LogP contribution in [0.5, 0.6) is 11.5 Å². The number of ether oxygens (including phenoxy) is 2. The summed E-state index contributed by atoms with van der Waals surface area (Å²) in [4.78, 5) is 11.3. The lowest BCUT2D eigenvalue weighted by Gasteiger charge is -2.29. The van der Waals surface area contributed by atoms with E-state index < -0.39 is 11.9 Å². The van der Waals surface area contributed by atoms with Crippen LogP contribution in [0.15, 0.2) is 36.5 Å². The normalized spacial score (nSPS) is 14.8. The van der Waals surface area contributed by atoms with Gasteiger partial charge in [-0.25, -0.2) is 14.4 Å². The van der Waals surface area contributed by atoms with Crippen molar-refractivity contribution in [2.24, 2.45) is 0 Å². The molecule has 7 nitrogen and oxygen atoms in total. The number of anilines is 2. The largest absolute Gasteiger partial charge is 0.493 e. The molecule has 1 aliphatic heterocycles. The van der Waals surface area contributed by atoms with Gasteiger partial charge in [-0.1, -0.05) is 23.2 Å². The molecule has 0 saturated carbocycles. The molecule has 1 unspecified atom stereocenters. The van der Waals surface area contributed by atoms with Gasteiger partial charge in [0.15, 0.2) is 23.1 Å². The quantitative estimate of drug-likeness (QED) is 0.482. The van der Waals surface area contributed by atoms with Gasteiger partial charge in [-0.2, -0.15) is 0 Å². The molecule has 4 rings (SSSR count). The van der Waals surface area contributed by atoms with E-state index >= 15 is 0 Å². The zero-order chi connectivity index (χ0) is 23.5. The third-order valence-electron chi connectivity index (χ3n) is 5.44. The average molecular weight is 492 g/mol. The fraction of sp³-hybridized carbons (Fsp3) is 0.304. The molecule has 1 fully saturated rings. The molecule has 1 aromatic carbocycles. The molecule has 10 heteroatoms. The van der Waals surface area contributed by atoms with Crippen molar-refractivity contribution in [1.82, 2.24) is 15.3 Å². The number of nitrogen functional groups attached to an aromatic ring is 1. The van der Waals surface area contributed by atoms with Crippen molar-refractivity contribution in [2.45, 2.75) is 13.0 Å². The number of nitrogens with two attached hydrogens (primary N) is 1. The maximum absolute atomic E-state index is 14.0. The maximum Gasteiger partial charge on any atom is 0.172 e. The molecule has 3 N–H and O–H groups in total. The number of aromatic nitrogens is 2. The summed E-state index contributed by atoms with van der Waals surface area (Å²) in [6.45, 7) is 5.12. The highest BCUT2D eigenvalue weighted by Gasteiger charge is 2.21. The Morgan fingerprint density at radius 1 is 1.15 bits per heavy atom. The lowest BCUT2D eigenvalue weighted by atomic mass is 10.1. The molecule has 174 valence electrons. The molecule has 0 amide bonds. The van der Waals surface area contributed by atoms with Crippen LogP contribution in [0.1, 0.15) is 18.6 Å². The van der Waals surface area contributed by atoms with Crippen LogP contribution in [0.2, 0.25) is 10.0 Å². The Morgan fingerprint density at radius 2 is 1.91 bits per heavy atom. The van der Waals surface area contributed by atoms with Crippen LogP contribution in [0.3, 0.4) is 0 Å². The minimum absolute atomic E-state index is 0.0878. The zero-order valence-electron chi connectivity index (χ0n) is 18.2. The van der Waals surface area contributed by atoms with E-state index in [0.717, 1.165) is 32.0 Å². The second kappa shape index (κ2) is 9.99. The number of nitrogens with zero attached hydrogens (tertiary/aromatic N) is 3. The first kappa shape index (κ1) is 23.4. The van der Waals surface area contributed by atoms with Gasteiger partial charge in [-0.3, -0.25) is 0 Å². The van der Waals surface area contributed by atoms with Gasteiger partial charge in [0.1, 0.15) is 11.9 Å². The predicted molar refractivity (Wildman–Crippen MR) is 129 cm³/mol. The highest BCUT2D eigenvalue weighted by Crippen LogP contribution is 2.37. The topological polar surface area (TPSA) is 85.5 Å². The highest BCUT2D eigenvalue weighted by molar-refractivity contribution is 6.36. The lowest BCUT2D eigenvalue weighted by molar-refractivity contribution is 0.227. The summed E-state index contributed by atoms with van der Waals surface area (Å²) in [5, 5.41) is 3.54. The first-order valence-electron chi connectivity index (χ1n) is 10.5. The van der Waals surface area contributed by atoms with Gasteiger partial charge in [0, 0.05) is 48.5 Å². The summed E-state index contributed by atoms with van der Waals surface area (Å²) >= 11 is 12.4. The number of hydrogen-bond acceptors (Lipinski definition) is 7. The minimum Gasteiger partial charge on any atom is -0.493 e. The van der Waals surface area contributed by atoms with E-state index in [4.69, 9.17) is 43.4 Å². The van der Waals surface area contributed by atoms with Crippen LogP contribution in [0.25, 0.3) is 11.3 Å². The molecule has 1 atom stereocenters. The molecule has 0 bridgehead atoms. The fourth-order valence-electron chi connectivity index (χ4n) is 3.71. The number of nitrogens with one attached hydrogen (secondary N) is 1. The van der Waals surface area contributed by atoms with Crippen molar-refractivity contribution < 1.29 is 13.9 Å². The van der Waals surface area contributed by atoms with E-state index in [-0.39, 0.29) is 10.8 Å². The molecule has 2 aromatic heterocycles. The summed E-state index contributed by atoms with van der Waals surface area (Å²) in [7, 11) is 1.63. The van der Waals surface area contributed by atoms with Gasteiger partial charge in [-0.15, -0.1) is 0 Å². The molecular weight excluding hydrogens is 468 g/mol. The Balaban J connectivity index is 1.66. The SMILES string of the molecule is COc1ccc(-c2cnc(N)c(OC(C)c3c(Cl)ccc(F)c3Cl)c2)nc1N1CCNCC1.